The van der Waals surface area contributed by atoms with Crippen molar-refractivity contribution in [1.29, 1.82) is 0 Å². The number of aliphatic imine (C=N–C) groups is 1. The fourth-order valence-corrected chi connectivity index (χ4v) is 3.69. The number of guanidine groups is 1. The highest BCUT2D eigenvalue weighted by molar-refractivity contribution is 5.80. The molecule has 0 amide bonds. The van der Waals surface area contributed by atoms with Crippen molar-refractivity contribution in [3.8, 4) is 0 Å². The van der Waals surface area contributed by atoms with Gasteiger partial charge in [-0.25, -0.2) is 4.99 Å². The predicted octanol–water partition coefficient (Wildman–Crippen LogP) is 2.88. The largest absolute Gasteiger partial charge is 0.370 e. The Kier molecular flexibility index (Phi) is 6.16. The summed E-state index contributed by atoms with van der Waals surface area (Å²) in [7, 11) is 1.93. The number of aromatic nitrogens is 2. The molecule has 1 aromatic heterocycles. The van der Waals surface area contributed by atoms with Crippen LogP contribution >= 0.6 is 0 Å². The SMILES string of the molecule is CCNC(=NCc1c(C)cc(C)cc1C)N1CCOC(c2cnn(C)c2)C1. The van der Waals surface area contributed by atoms with Gasteiger partial charge in [0.05, 0.1) is 25.9 Å². The molecular formula is C21H31N5O. The van der Waals surface area contributed by atoms with Gasteiger partial charge >= 0.3 is 0 Å². The fraction of sp³-hybridized carbons (Fsp3) is 0.524. The maximum atomic E-state index is 5.97. The van der Waals surface area contributed by atoms with Crippen molar-refractivity contribution >= 4 is 5.96 Å². The van der Waals surface area contributed by atoms with E-state index in [4.69, 9.17) is 9.73 Å². The van der Waals surface area contributed by atoms with Gasteiger partial charge in [0.1, 0.15) is 6.10 Å². The third-order valence-corrected chi connectivity index (χ3v) is 5.02. The van der Waals surface area contributed by atoms with Crippen molar-refractivity contribution < 1.29 is 4.74 Å². The van der Waals surface area contributed by atoms with Crippen LogP contribution in [0.15, 0.2) is 29.5 Å². The average molecular weight is 370 g/mol. The van der Waals surface area contributed by atoms with E-state index >= 15 is 0 Å². The molecule has 0 radical (unpaired) electrons. The summed E-state index contributed by atoms with van der Waals surface area (Å²) in [4.78, 5) is 7.24. The Morgan fingerprint density at radius 2 is 2.04 bits per heavy atom. The first kappa shape index (κ1) is 19.4. The Bertz CT molecular complexity index is 788. The minimum absolute atomic E-state index is 0.0270. The Morgan fingerprint density at radius 3 is 2.67 bits per heavy atom. The molecule has 1 saturated heterocycles. The van der Waals surface area contributed by atoms with E-state index in [-0.39, 0.29) is 6.10 Å². The first-order valence-corrected chi connectivity index (χ1v) is 9.68. The zero-order valence-electron chi connectivity index (χ0n) is 17.1. The summed E-state index contributed by atoms with van der Waals surface area (Å²) in [5, 5.41) is 7.72. The molecule has 1 aliphatic rings. The molecule has 2 heterocycles. The van der Waals surface area contributed by atoms with Crippen molar-refractivity contribution in [1.82, 2.24) is 20.0 Å². The molecule has 3 rings (SSSR count). The molecule has 1 atom stereocenters. The van der Waals surface area contributed by atoms with Crippen molar-refractivity contribution in [2.75, 3.05) is 26.2 Å². The van der Waals surface area contributed by atoms with Gasteiger partial charge in [0, 0.05) is 31.9 Å². The monoisotopic (exact) mass is 369 g/mol. The summed E-state index contributed by atoms with van der Waals surface area (Å²) < 4.78 is 7.79. The Morgan fingerprint density at radius 1 is 1.30 bits per heavy atom. The summed E-state index contributed by atoms with van der Waals surface area (Å²) in [5.74, 6) is 0.953. The van der Waals surface area contributed by atoms with Crippen molar-refractivity contribution in [3.63, 3.8) is 0 Å². The summed E-state index contributed by atoms with van der Waals surface area (Å²) in [6, 6.07) is 4.47. The topological polar surface area (TPSA) is 54.7 Å². The summed E-state index contributed by atoms with van der Waals surface area (Å²) >= 11 is 0. The van der Waals surface area contributed by atoms with Gasteiger partial charge in [0.25, 0.3) is 0 Å². The number of hydrogen-bond acceptors (Lipinski definition) is 3. The second-order valence-electron chi connectivity index (χ2n) is 7.30. The maximum absolute atomic E-state index is 5.97. The number of morpholine rings is 1. The number of hydrogen-bond donors (Lipinski definition) is 1. The van der Waals surface area contributed by atoms with Crippen LogP contribution in [0.25, 0.3) is 0 Å². The number of rotatable bonds is 4. The van der Waals surface area contributed by atoms with Crippen LogP contribution in [-0.2, 0) is 18.3 Å². The number of benzene rings is 1. The number of ether oxygens (including phenoxy) is 1. The molecular weight excluding hydrogens is 338 g/mol. The molecule has 1 aromatic carbocycles. The molecule has 2 aromatic rings. The molecule has 0 spiro atoms. The molecule has 1 N–H and O–H groups in total. The van der Waals surface area contributed by atoms with E-state index in [9.17, 15) is 0 Å². The molecule has 6 nitrogen and oxygen atoms in total. The lowest BCUT2D eigenvalue weighted by atomic mass is 10.00. The van der Waals surface area contributed by atoms with Gasteiger partial charge < -0.3 is 15.0 Å². The maximum Gasteiger partial charge on any atom is 0.194 e. The zero-order chi connectivity index (χ0) is 19.4. The summed E-state index contributed by atoms with van der Waals surface area (Å²) in [5.41, 5.74) is 6.35. The molecule has 1 fully saturated rings. The van der Waals surface area contributed by atoms with Crippen molar-refractivity contribution in [2.45, 2.75) is 40.3 Å². The standard InChI is InChI=1S/C21H31N5O/c1-6-22-21(23-12-19-16(3)9-15(2)10-17(19)4)26-7-8-27-20(14-26)18-11-24-25(5)13-18/h9-11,13,20H,6-8,12,14H2,1-5H3,(H,22,23). The van der Waals surface area contributed by atoms with Crippen LogP contribution in [0.4, 0.5) is 0 Å². The lowest BCUT2D eigenvalue weighted by molar-refractivity contribution is -0.00805. The summed E-state index contributed by atoms with van der Waals surface area (Å²) in [6.45, 7) is 12.4. The average Bonchev–Trinajstić information content (AvgIpc) is 3.06. The lowest BCUT2D eigenvalue weighted by Gasteiger charge is -2.34. The smallest absolute Gasteiger partial charge is 0.194 e. The van der Waals surface area contributed by atoms with E-state index in [1.54, 1.807) is 0 Å². The van der Waals surface area contributed by atoms with Gasteiger partial charge in [0.2, 0.25) is 0 Å². The number of nitrogens with zero attached hydrogens (tertiary/aromatic N) is 4. The normalized spacial score (nSPS) is 18.0. The number of aryl methyl sites for hydroxylation is 4. The van der Waals surface area contributed by atoms with E-state index < -0.39 is 0 Å². The van der Waals surface area contributed by atoms with Crippen LogP contribution in [-0.4, -0.2) is 46.9 Å². The van der Waals surface area contributed by atoms with Crippen LogP contribution in [0.1, 0.15) is 40.8 Å². The van der Waals surface area contributed by atoms with Crippen LogP contribution in [0, 0.1) is 20.8 Å². The molecule has 1 aliphatic heterocycles. The second kappa shape index (κ2) is 8.57. The summed E-state index contributed by atoms with van der Waals surface area (Å²) in [6.07, 6.45) is 3.94. The van der Waals surface area contributed by atoms with Crippen LogP contribution in [0.2, 0.25) is 0 Å². The predicted molar refractivity (Wildman–Crippen MR) is 109 cm³/mol. The highest BCUT2D eigenvalue weighted by Gasteiger charge is 2.25. The zero-order valence-corrected chi connectivity index (χ0v) is 17.1. The second-order valence-corrected chi connectivity index (χ2v) is 7.30. The number of nitrogens with one attached hydrogen (secondary N) is 1. The van der Waals surface area contributed by atoms with Gasteiger partial charge in [-0.15, -0.1) is 0 Å². The Balaban J connectivity index is 1.77. The van der Waals surface area contributed by atoms with E-state index in [0.717, 1.165) is 31.2 Å². The first-order valence-electron chi connectivity index (χ1n) is 9.68. The van der Waals surface area contributed by atoms with Gasteiger partial charge in [-0.05, 0) is 44.4 Å². The molecule has 146 valence electrons. The molecule has 6 heteroatoms. The van der Waals surface area contributed by atoms with Gasteiger partial charge in [-0.2, -0.15) is 5.10 Å². The third-order valence-electron chi connectivity index (χ3n) is 5.02. The lowest BCUT2D eigenvalue weighted by Crippen LogP contribution is -2.48. The minimum atomic E-state index is 0.0270. The van der Waals surface area contributed by atoms with Crippen LogP contribution in [0.5, 0.6) is 0 Å². The van der Waals surface area contributed by atoms with E-state index in [2.05, 4.69) is 55.1 Å². The quantitative estimate of drug-likeness (QED) is 0.665. The molecule has 0 bridgehead atoms. The highest BCUT2D eigenvalue weighted by Crippen LogP contribution is 2.22. The van der Waals surface area contributed by atoms with Crippen LogP contribution in [0.3, 0.4) is 0 Å². The molecule has 27 heavy (non-hydrogen) atoms. The third kappa shape index (κ3) is 4.69. The van der Waals surface area contributed by atoms with E-state index in [1.165, 1.54) is 22.3 Å². The molecule has 0 saturated carbocycles. The Hall–Kier alpha value is -2.34. The van der Waals surface area contributed by atoms with Gasteiger partial charge in [-0.1, -0.05) is 17.7 Å². The van der Waals surface area contributed by atoms with Gasteiger partial charge in [-0.3, -0.25) is 4.68 Å². The van der Waals surface area contributed by atoms with Crippen LogP contribution < -0.4 is 5.32 Å². The first-order chi connectivity index (χ1) is 13.0. The fourth-order valence-electron chi connectivity index (χ4n) is 3.69. The van der Waals surface area contributed by atoms with E-state index in [1.807, 2.05) is 24.1 Å². The van der Waals surface area contributed by atoms with Crippen molar-refractivity contribution in [3.05, 3.63) is 52.3 Å². The highest BCUT2D eigenvalue weighted by atomic mass is 16.5. The minimum Gasteiger partial charge on any atom is -0.370 e. The van der Waals surface area contributed by atoms with Gasteiger partial charge in [0.15, 0.2) is 5.96 Å². The Labute approximate surface area is 162 Å². The molecule has 0 aliphatic carbocycles. The van der Waals surface area contributed by atoms with E-state index in [0.29, 0.717) is 13.2 Å². The van der Waals surface area contributed by atoms with Crippen molar-refractivity contribution in [2.24, 2.45) is 12.0 Å². The molecule has 1 unspecified atom stereocenters.